The average molecular weight is 318 g/mol. The summed E-state index contributed by atoms with van der Waals surface area (Å²) >= 11 is 6.09. The van der Waals surface area contributed by atoms with Gasteiger partial charge in [-0.25, -0.2) is 8.42 Å². The molecule has 0 unspecified atom stereocenters. The number of halogens is 1. The van der Waals surface area contributed by atoms with Crippen molar-refractivity contribution in [3.8, 4) is 5.75 Å². The SMILES string of the molecule is CCCOc1cc(C)c(Cl)cc1S(=O)(=O)N1CCCC1. The van der Waals surface area contributed by atoms with Crippen LogP contribution in [0, 0.1) is 6.92 Å². The molecule has 1 aliphatic heterocycles. The van der Waals surface area contributed by atoms with Crippen LogP contribution < -0.4 is 4.74 Å². The van der Waals surface area contributed by atoms with Crippen molar-refractivity contribution >= 4 is 21.6 Å². The second-order valence-electron chi connectivity index (χ2n) is 5.01. The minimum absolute atomic E-state index is 0.184. The van der Waals surface area contributed by atoms with E-state index >= 15 is 0 Å². The molecule has 1 saturated heterocycles. The van der Waals surface area contributed by atoms with E-state index in [9.17, 15) is 8.42 Å². The molecule has 20 heavy (non-hydrogen) atoms. The quantitative estimate of drug-likeness (QED) is 0.837. The molecule has 0 radical (unpaired) electrons. The summed E-state index contributed by atoms with van der Waals surface area (Å²) in [5.41, 5.74) is 0.818. The van der Waals surface area contributed by atoms with Crippen LogP contribution in [0.5, 0.6) is 5.75 Å². The van der Waals surface area contributed by atoms with E-state index in [0.29, 0.717) is 30.5 Å². The maximum absolute atomic E-state index is 12.7. The summed E-state index contributed by atoms with van der Waals surface area (Å²) in [4.78, 5) is 0.184. The van der Waals surface area contributed by atoms with Gasteiger partial charge < -0.3 is 4.74 Å². The van der Waals surface area contributed by atoms with Gasteiger partial charge >= 0.3 is 0 Å². The molecule has 6 heteroatoms. The zero-order chi connectivity index (χ0) is 14.8. The Morgan fingerprint density at radius 3 is 2.55 bits per heavy atom. The van der Waals surface area contributed by atoms with Crippen molar-refractivity contribution in [2.24, 2.45) is 0 Å². The van der Waals surface area contributed by atoms with Gasteiger partial charge in [0.15, 0.2) is 0 Å². The second-order valence-corrected chi connectivity index (χ2v) is 7.32. The lowest BCUT2D eigenvalue weighted by Crippen LogP contribution is -2.28. The Balaban J connectivity index is 2.45. The van der Waals surface area contributed by atoms with Gasteiger partial charge in [0.25, 0.3) is 0 Å². The van der Waals surface area contributed by atoms with Crippen LogP contribution in [0.1, 0.15) is 31.7 Å². The summed E-state index contributed by atoms with van der Waals surface area (Å²) in [7, 11) is -3.52. The first-order chi connectivity index (χ1) is 9.46. The van der Waals surface area contributed by atoms with E-state index in [0.717, 1.165) is 24.8 Å². The number of sulfonamides is 1. The molecular weight excluding hydrogens is 298 g/mol. The fourth-order valence-corrected chi connectivity index (χ4v) is 4.12. The van der Waals surface area contributed by atoms with Crippen molar-refractivity contribution < 1.29 is 13.2 Å². The van der Waals surface area contributed by atoms with Crippen molar-refractivity contribution in [1.82, 2.24) is 4.31 Å². The first-order valence-electron chi connectivity index (χ1n) is 6.90. The molecule has 1 aliphatic rings. The van der Waals surface area contributed by atoms with Gasteiger partial charge in [-0.15, -0.1) is 0 Å². The summed E-state index contributed by atoms with van der Waals surface area (Å²) in [5, 5.41) is 0.451. The highest BCUT2D eigenvalue weighted by Crippen LogP contribution is 2.33. The number of rotatable bonds is 5. The molecule has 4 nitrogen and oxygen atoms in total. The zero-order valence-corrected chi connectivity index (χ0v) is 13.4. The molecule has 1 aromatic carbocycles. The Kier molecular flexibility index (Phi) is 4.94. The van der Waals surface area contributed by atoms with Crippen LogP contribution in [0.25, 0.3) is 0 Å². The minimum atomic E-state index is -3.52. The van der Waals surface area contributed by atoms with Gasteiger partial charge in [-0.2, -0.15) is 4.31 Å². The van der Waals surface area contributed by atoms with Crippen molar-refractivity contribution in [2.45, 2.75) is 38.0 Å². The highest BCUT2D eigenvalue weighted by atomic mass is 35.5. The van der Waals surface area contributed by atoms with Gasteiger partial charge in [0.2, 0.25) is 10.0 Å². The summed E-state index contributed by atoms with van der Waals surface area (Å²) < 4.78 is 32.4. The van der Waals surface area contributed by atoms with E-state index in [4.69, 9.17) is 16.3 Å². The Labute approximate surface area is 125 Å². The zero-order valence-electron chi connectivity index (χ0n) is 11.9. The third-order valence-electron chi connectivity index (χ3n) is 3.37. The van der Waals surface area contributed by atoms with Crippen LogP contribution in [0.3, 0.4) is 0 Å². The number of hydrogen-bond acceptors (Lipinski definition) is 3. The molecule has 0 atom stereocenters. The number of hydrogen-bond donors (Lipinski definition) is 0. The first-order valence-corrected chi connectivity index (χ1v) is 8.71. The van der Waals surface area contributed by atoms with Crippen LogP contribution in [-0.2, 0) is 10.0 Å². The highest BCUT2D eigenvalue weighted by molar-refractivity contribution is 7.89. The first kappa shape index (κ1) is 15.6. The van der Waals surface area contributed by atoms with Gasteiger partial charge in [-0.05, 0) is 43.9 Å². The van der Waals surface area contributed by atoms with Gasteiger partial charge in [0.05, 0.1) is 6.61 Å². The molecule has 0 spiro atoms. The lowest BCUT2D eigenvalue weighted by Gasteiger charge is -2.19. The van der Waals surface area contributed by atoms with E-state index in [1.807, 2.05) is 13.8 Å². The van der Waals surface area contributed by atoms with Crippen molar-refractivity contribution in [3.63, 3.8) is 0 Å². The number of aryl methyl sites for hydroxylation is 1. The Bertz CT molecular complexity index is 580. The molecule has 1 aromatic rings. The molecular formula is C14H20ClNO3S. The third-order valence-corrected chi connectivity index (χ3v) is 5.70. The summed E-state index contributed by atoms with van der Waals surface area (Å²) in [5.74, 6) is 0.403. The van der Waals surface area contributed by atoms with Gasteiger partial charge in [0, 0.05) is 18.1 Å². The van der Waals surface area contributed by atoms with E-state index in [1.165, 1.54) is 10.4 Å². The fourth-order valence-electron chi connectivity index (χ4n) is 2.23. The smallest absolute Gasteiger partial charge is 0.246 e. The number of benzene rings is 1. The van der Waals surface area contributed by atoms with Crippen LogP contribution in [0.15, 0.2) is 17.0 Å². The fraction of sp³-hybridized carbons (Fsp3) is 0.571. The van der Waals surface area contributed by atoms with Crippen LogP contribution >= 0.6 is 11.6 Å². The Hall–Kier alpha value is -0.780. The summed E-state index contributed by atoms with van der Waals surface area (Å²) in [6, 6.07) is 3.22. The highest BCUT2D eigenvalue weighted by Gasteiger charge is 2.30. The van der Waals surface area contributed by atoms with Crippen molar-refractivity contribution in [1.29, 1.82) is 0 Å². The third kappa shape index (κ3) is 3.10. The molecule has 1 fully saturated rings. The van der Waals surface area contributed by atoms with E-state index in [1.54, 1.807) is 6.07 Å². The molecule has 0 saturated carbocycles. The molecule has 0 amide bonds. The van der Waals surface area contributed by atoms with Crippen LogP contribution in [0.2, 0.25) is 5.02 Å². The normalized spacial score (nSPS) is 16.6. The predicted molar refractivity (Wildman–Crippen MR) is 80.0 cm³/mol. The number of nitrogens with zero attached hydrogens (tertiary/aromatic N) is 1. The van der Waals surface area contributed by atoms with Gasteiger partial charge in [-0.3, -0.25) is 0 Å². The van der Waals surface area contributed by atoms with Crippen molar-refractivity contribution in [3.05, 3.63) is 22.7 Å². The largest absolute Gasteiger partial charge is 0.492 e. The van der Waals surface area contributed by atoms with Gasteiger partial charge in [0.1, 0.15) is 10.6 Å². The summed E-state index contributed by atoms with van der Waals surface area (Å²) in [6.07, 6.45) is 2.64. The summed E-state index contributed by atoms with van der Waals surface area (Å²) in [6.45, 7) is 5.45. The second kappa shape index (κ2) is 6.33. The average Bonchev–Trinajstić information content (AvgIpc) is 2.94. The van der Waals surface area contributed by atoms with Gasteiger partial charge in [-0.1, -0.05) is 18.5 Å². The lowest BCUT2D eigenvalue weighted by molar-refractivity contribution is 0.308. The van der Waals surface area contributed by atoms with E-state index < -0.39 is 10.0 Å². The Morgan fingerprint density at radius 2 is 1.95 bits per heavy atom. The molecule has 0 N–H and O–H groups in total. The minimum Gasteiger partial charge on any atom is -0.492 e. The molecule has 0 aromatic heterocycles. The molecule has 0 aliphatic carbocycles. The molecule has 0 bridgehead atoms. The van der Waals surface area contributed by atoms with Crippen molar-refractivity contribution in [2.75, 3.05) is 19.7 Å². The lowest BCUT2D eigenvalue weighted by atomic mass is 10.2. The maximum Gasteiger partial charge on any atom is 0.246 e. The molecule has 1 heterocycles. The van der Waals surface area contributed by atoms with E-state index in [2.05, 4.69) is 0 Å². The monoisotopic (exact) mass is 317 g/mol. The van der Waals surface area contributed by atoms with Crippen LogP contribution in [-0.4, -0.2) is 32.4 Å². The van der Waals surface area contributed by atoms with Crippen LogP contribution in [0.4, 0.5) is 0 Å². The molecule has 112 valence electrons. The maximum atomic E-state index is 12.7. The topological polar surface area (TPSA) is 46.6 Å². The Morgan fingerprint density at radius 1 is 1.30 bits per heavy atom. The van der Waals surface area contributed by atoms with E-state index in [-0.39, 0.29) is 4.90 Å². The predicted octanol–water partition coefficient (Wildman–Crippen LogP) is 3.22. The standard InChI is InChI=1S/C14H20ClNO3S/c1-3-8-19-13-9-11(2)12(15)10-14(13)20(17,18)16-6-4-5-7-16/h9-10H,3-8H2,1-2H3. The number of ether oxygens (including phenoxy) is 1. The molecule has 2 rings (SSSR count).